The van der Waals surface area contributed by atoms with Gasteiger partial charge in [0.25, 0.3) is 0 Å². The van der Waals surface area contributed by atoms with Crippen molar-refractivity contribution in [1.29, 1.82) is 0 Å². The summed E-state index contributed by atoms with van der Waals surface area (Å²) in [4.78, 5) is 22.7. The minimum Gasteiger partial charge on any atom is -0.403 e. The number of allylic oxidation sites excluding steroid dienone is 1. The van der Waals surface area contributed by atoms with Crippen molar-refractivity contribution in [2.24, 2.45) is 16.5 Å². The van der Waals surface area contributed by atoms with E-state index in [0.29, 0.717) is 23.8 Å². The molecule has 0 spiro atoms. The van der Waals surface area contributed by atoms with Crippen molar-refractivity contribution >= 4 is 17.7 Å². The van der Waals surface area contributed by atoms with Crippen LogP contribution < -0.4 is 16.4 Å². The highest BCUT2D eigenvalue weighted by Gasteiger charge is 2.33. The number of alkyl halides is 3. The van der Waals surface area contributed by atoms with Crippen molar-refractivity contribution in [3.63, 3.8) is 0 Å². The Bertz CT molecular complexity index is 1120. The van der Waals surface area contributed by atoms with Crippen molar-refractivity contribution in [3.05, 3.63) is 48.4 Å². The van der Waals surface area contributed by atoms with Crippen LogP contribution in [0.25, 0.3) is 17.2 Å². The van der Waals surface area contributed by atoms with Crippen molar-refractivity contribution < 1.29 is 13.2 Å². The minimum atomic E-state index is -4.56. The zero-order valence-electron chi connectivity index (χ0n) is 15.7. The van der Waals surface area contributed by atoms with Crippen LogP contribution in [-0.4, -0.2) is 49.7 Å². The van der Waals surface area contributed by atoms with Crippen LogP contribution in [0, 0.1) is 0 Å². The maximum absolute atomic E-state index is 13.0. The third-order valence-electron chi connectivity index (χ3n) is 4.67. The number of halogens is 3. The Balaban J connectivity index is 1.61. The van der Waals surface area contributed by atoms with E-state index >= 15 is 0 Å². The molecule has 1 atom stereocenters. The van der Waals surface area contributed by atoms with Crippen molar-refractivity contribution in [2.75, 3.05) is 18.0 Å². The number of hydrogen-bond acceptors (Lipinski definition) is 8. The van der Waals surface area contributed by atoms with E-state index < -0.39 is 11.9 Å². The van der Waals surface area contributed by atoms with Gasteiger partial charge in [0.15, 0.2) is 17.2 Å². The average Bonchev–Trinajstić information content (AvgIpc) is 3.38. The van der Waals surface area contributed by atoms with Gasteiger partial charge in [0.2, 0.25) is 0 Å². The fraction of sp³-hybridized carbons (Fsp3) is 0.278. The second-order valence-electron chi connectivity index (χ2n) is 6.71. The van der Waals surface area contributed by atoms with Crippen LogP contribution in [0.4, 0.5) is 19.0 Å². The molecule has 0 radical (unpaired) electrons. The predicted molar refractivity (Wildman–Crippen MR) is 105 cm³/mol. The first-order valence-corrected chi connectivity index (χ1v) is 9.04. The molecule has 1 saturated heterocycles. The van der Waals surface area contributed by atoms with Gasteiger partial charge in [-0.2, -0.15) is 13.2 Å². The first-order valence-electron chi connectivity index (χ1n) is 9.04. The lowest BCUT2D eigenvalue weighted by molar-refractivity contribution is -0.141. The summed E-state index contributed by atoms with van der Waals surface area (Å²) in [5.41, 5.74) is 10.9. The van der Waals surface area contributed by atoms with E-state index in [0.717, 1.165) is 25.4 Å². The maximum Gasteiger partial charge on any atom is 0.434 e. The largest absolute Gasteiger partial charge is 0.434 e. The van der Waals surface area contributed by atoms with Gasteiger partial charge in [-0.15, -0.1) is 0 Å². The van der Waals surface area contributed by atoms with Gasteiger partial charge in [0, 0.05) is 37.9 Å². The number of fused-ring (bicyclic) bond motifs is 1. The topological polar surface area (TPSA) is 124 Å². The molecular weight excluding hydrogens is 399 g/mol. The Morgan fingerprint density at radius 1 is 1.23 bits per heavy atom. The standard InChI is InChI=1S/C18H18F3N9/c19-18(20,21)14-10-30-13(7-27-16(30)8-26-14)17-24-3-1-15(28-17)29-4-2-12(9-29)25-6-11(23)5-22/h1,3,5-8,10,12H,2,4,9,22-23H2/b11-5+,25-6?. The van der Waals surface area contributed by atoms with E-state index in [2.05, 4.69) is 24.9 Å². The lowest BCUT2D eigenvalue weighted by Crippen LogP contribution is -2.22. The van der Waals surface area contributed by atoms with Crippen molar-refractivity contribution in [2.45, 2.75) is 18.6 Å². The molecule has 0 aliphatic carbocycles. The fourth-order valence-electron chi connectivity index (χ4n) is 3.16. The summed E-state index contributed by atoms with van der Waals surface area (Å²) in [5.74, 6) is 0.918. The Morgan fingerprint density at radius 2 is 2.07 bits per heavy atom. The molecule has 0 aromatic carbocycles. The molecule has 4 heterocycles. The van der Waals surface area contributed by atoms with E-state index in [4.69, 9.17) is 11.5 Å². The summed E-state index contributed by atoms with van der Waals surface area (Å²) in [6, 6.07) is 1.79. The summed E-state index contributed by atoms with van der Waals surface area (Å²) in [7, 11) is 0. The van der Waals surface area contributed by atoms with E-state index in [1.807, 2.05) is 4.90 Å². The van der Waals surface area contributed by atoms with Crippen LogP contribution in [0.5, 0.6) is 0 Å². The first-order chi connectivity index (χ1) is 14.3. The van der Waals surface area contributed by atoms with E-state index in [1.54, 1.807) is 12.3 Å². The highest BCUT2D eigenvalue weighted by atomic mass is 19.4. The Morgan fingerprint density at radius 3 is 2.83 bits per heavy atom. The van der Waals surface area contributed by atoms with Crippen LogP contribution >= 0.6 is 0 Å². The van der Waals surface area contributed by atoms with Crippen LogP contribution in [-0.2, 0) is 6.18 Å². The highest BCUT2D eigenvalue weighted by molar-refractivity contribution is 5.77. The van der Waals surface area contributed by atoms with Crippen molar-refractivity contribution in [3.8, 4) is 11.5 Å². The molecule has 12 heteroatoms. The summed E-state index contributed by atoms with van der Waals surface area (Å²) < 4.78 is 40.4. The Labute approximate surface area is 169 Å². The van der Waals surface area contributed by atoms with Gasteiger partial charge < -0.3 is 16.4 Å². The molecule has 156 valence electrons. The molecule has 1 fully saturated rings. The number of aliphatic imine (C=N–C) groups is 1. The minimum absolute atomic E-state index is 0.0399. The van der Waals surface area contributed by atoms with Crippen LogP contribution in [0.2, 0.25) is 0 Å². The normalized spacial score (nSPS) is 18.0. The molecule has 3 aromatic heterocycles. The molecule has 4 rings (SSSR count). The van der Waals surface area contributed by atoms with E-state index in [1.165, 1.54) is 23.0 Å². The summed E-state index contributed by atoms with van der Waals surface area (Å²) in [6.07, 6.45) is 4.01. The van der Waals surface area contributed by atoms with Gasteiger partial charge in [-0.1, -0.05) is 0 Å². The summed E-state index contributed by atoms with van der Waals surface area (Å²) >= 11 is 0. The van der Waals surface area contributed by atoms with Crippen LogP contribution in [0.1, 0.15) is 12.1 Å². The lowest BCUT2D eigenvalue weighted by Gasteiger charge is -2.17. The molecule has 0 saturated carbocycles. The molecule has 0 amide bonds. The Hall–Kier alpha value is -3.70. The number of nitrogens with zero attached hydrogens (tertiary/aromatic N) is 7. The van der Waals surface area contributed by atoms with Gasteiger partial charge in [-0.05, 0) is 12.5 Å². The number of hydrogen-bond donors (Lipinski definition) is 2. The monoisotopic (exact) mass is 417 g/mol. The summed E-state index contributed by atoms with van der Waals surface area (Å²) in [5, 5.41) is 0. The predicted octanol–water partition coefficient (Wildman–Crippen LogP) is 1.61. The molecule has 1 aliphatic rings. The fourth-order valence-corrected chi connectivity index (χ4v) is 3.16. The molecule has 4 N–H and O–H groups in total. The lowest BCUT2D eigenvalue weighted by atomic mass is 10.3. The summed E-state index contributed by atoms with van der Waals surface area (Å²) in [6.45, 7) is 1.35. The van der Waals surface area contributed by atoms with Gasteiger partial charge in [0.1, 0.15) is 11.5 Å². The third-order valence-corrected chi connectivity index (χ3v) is 4.67. The number of anilines is 1. The molecule has 1 aliphatic heterocycles. The van der Waals surface area contributed by atoms with Gasteiger partial charge in [-0.25, -0.2) is 19.9 Å². The third kappa shape index (κ3) is 3.88. The average molecular weight is 417 g/mol. The van der Waals surface area contributed by atoms with E-state index in [-0.39, 0.29) is 17.5 Å². The number of imidazole rings is 1. The quantitative estimate of drug-likeness (QED) is 0.618. The van der Waals surface area contributed by atoms with Gasteiger partial charge >= 0.3 is 6.18 Å². The number of rotatable bonds is 4. The second kappa shape index (κ2) is 7.61. The SMILES string of the molecule is N/C=C(/N)C=NC1CCN(c2ccnc(-c3cnc4cnc(C(F)(F)F)cn34)n2)C1. The molecule has 9 nitrogen and oxygen atoms in total. The molecule has 3 aromatic rings. The number of nitrogens with two attached hydrogens (primary N) is 2. The second-order valence-corrected chi connectivity index (χ2v) is 6.71. The van der Waals surface area contributed by atoms with E-state index in [9.17, 15) is 13.2 Å². The first kappa shape index (κ1) is 19.6. The van der Waals surface area contributed by atoms with Gasteiger partial charge in [-0.3, -0.25) is 9.39 Å². The highest BCUT2D eigenvalue weighted by Crippen LogP contribution is 2.29. The smallest absolute Gasteiger partial charge is 0.403 e. The van der Waals surface area contributed by atoms with Crippen molar-refractivity contribution in [1.82, 2.24) is 24.3 Å². The molecule has 1 unspecified atom stereocenters. The molecule has 0 bridgehead atoms. The van der Waals surface area contributed by atoms with Gasteiger partial charge in [0.05, 0.1) is 24.1 Å². The zero-order valence-corrected chi connectivity index (χ0v) is 15.7. The number of aromatic nitrogens is 5. The van der Waals surface area contributed by atoms with Crippen LogP contribution in [0.3, 0.4) is 0 Å². The van der Waals surface area contributed by atoms with Crippen LogP contribution in [0.15, 0.2) is 47.7 Å². The maximum atomic E-state index is 13.0. The molecular formula is C18H18F3N9. The Kier molecular flexibility index (Phi) is 4.98. The molecule has 30 heavy (non-hydrogen) atoms. The zero-order chi connectivity index (χ0) is 21.3.